The lowest BCUT2D eigenvalue weighted by Gasteiger charge is -2.17. The number of hydrogen-bond acceptors (Lipinski definition) is 0. The summed E-state index contributed by atoms with van der Waals surface area (Å²) in [4.78, 5) is 0. The number of benzene rings is 1. The Labute approximate surface area is 86.9 Å². The van der Waals surface area contributed by atoms with Crippen molar-refractivity contribution in [2.75, 3.05) is 0 Å². The van der Waals surface area contributed by atoms with Crippen molar-refractivity contribution in [3.63, 3.8) is 0 Å². The van der Waals surface area contributed by atoms with Gasteiger partial charge in [-0.25, -0.2) is 0 Å². The van der Waals surface area contributed by atoms with Crippen LogP contribution >= 0.6 is 11.6 Å². The fourth-order valence-corrected chi connectivity index (χ4v) is 3.18. The second-order valence-corrected chi connectivity index (χ2v) is 10.4. The minimum atomic E-state index is -1.00. The average Bonchev–Trinajstić information content (AvgIpc) is 2.02. The summed E-state index contributed by atoms with van der Waals surface area (Å²) in [5.41, 5.74) is 2.74. The molecular formula is C11H17ClSi. The van der Waals surface area contributed by atoms with Gasteiger partial charge in [-0.2, -0.15) is 0 Å². The lowest BCUT2D eigenvalue weighted by Crippen LogP contribution is -2.24. The molecule has 0 aliphatic heterocycles. The van der Waals surface area contributed by atoms with Crippen molar-refractivity contribution in [2.24, 2.45) is 0 Å². The van der Waals surface area contributed by atoms with Gasteiger partial charge >= 0.3 is 0 Å². The third kappa shape index (κ3) is 3.53. The van der Waals surface area contributed by atoms with Gasteiger partial charge in [0.15, 0.2) is 0 Å². The van der Waals surface area contributed by atoms with E-state index in [-0.39, 0.29) is 0 Å². The van der Waals surface area contributed by atoms with E-state index >= 15 is 0 Å². The van der Waals surface area contributed by atoms with Crippen LogP contribution < -0.4 is 0 Å². The highest BCUT2D eigenvalue weighted by Gasteiger charge is 2.15. The molecule has 0 radical (unpaired) electrons. The van der Waals surface area contributed by atoms with Gasteiger partial charge in [0.05, 0.1) is 0 Å². The summed E-state index contributed by atoms with van der Waals surface area (Å²) in [5.74, 6) is 0.640. The van der Waals surface area contributed by atoms with Gasteiger partial charge in [-0.05, 0) is 17.2 Å². The SMILES string of the molecule is C[Si](C)(C)Cc1ccccc1CCl. The van der Waals surface area contributed by atoms with Crippen LogP contribution in [0.25, 0.3) is 0 Å². The van der Waals surface area contributed by atoms with Gasteiger partial charge in [-0.1, -0.05) is 43.9 Å². The van der Waals surface area contributed by atoms with E-state index in [4.69, 9.17) is 11.6 Å². The molecule has 0 saturated carbocycles. The zero-order valence-corrected chi connectivity index (χ0v) is 10.4. The average molecular weight is 213 g/mol. The normalized spacial score (nSPS) is 11.7. The molecule has 2 heteroatoms. The van der Waals surface area contributed by atoms with E-state index < -0.39 is 8.07 Å². The van der Waals surface area contributed by atoms with E-state index in [1.165, 1.54) is 17.2 Å². The molecule has 1 aromatic carbocycles. The quantitative estimate of drug-likeness (QED) is 0.528. The van der Waals surface area contributed by atoms with Crippen molar-refractivity contribution >= 4 is 19.7 Å². The van der Waals surface area contributed by atoms with Crippen LogP contribution in [0.1, 0.15) is 11.1 Å². The van der Waals surface area contributed by atoms with Crippen LogP contribution in [0.5, 0.6) is 0 Å². The zero-order valence-electron chi connectivity index (χ0n) is 8.60. The van der Waals surface area contributed by atoms with Crippen molar-refractivity contribution in [1.82, 2.24) is 0 Å². The molecule has 0 nitrogen and oxygen atoms in total. The predicted molar refractivity (Wildman–Crippen MR) is 63.0 cm³/mol. The van der Waals surface area contributed by atoms with Crippen LogP contribution in [0.15, 0.2) is 24.3 Å². The molecule has 0 aromatic heterocycles. The summed E-state index contributed by atoms with van der Waals surface area (Å²) in [6, 6.07) is 9.73. The van der Waals surface area contributed by atoms with Gasteiger partial charge in [0.2, 0.25) is 0 Å². The second-order valence-electron chi connectivity index (χ2n) is 4.64. The lowest BCUT2D eigenvalue weighted by molar-refractivity contribution is 1.22. The second kappa shape index (κ2) is 4.29. The number of alkyl halides is 1. The molecule has 13 heavy (non-hydrogen) atoms. The summed E-state index contributed by atoms with van der Waals surface area (Å²) in [5, 5.41) is 0. The molecule has 0 fully saturated rings. The number of halogens is 1. The Morgan fingerprint density at radius 3 is 2.08 bits per heavy atom. The van der Waals surface area contributed by atoms with Crippen molar-refractivity contribution in [3.8, 4) is 0 Å². The first-order valence-corrected chi connectivity index (χ1v) is 8.90. The van der Waals surface area contributed by atoms with Crippen LogP contribution in [0.2, 0.25) is 19.6 Å². The Hall–Kier alpha value is -0.273. The minimum Gasteiger partial charge on any atom is -0.122 e. The van der Waals surface area contributed by atoms with Crippen molar-refractivity contribution in [3.05, 3.63) is 35.4 Å². The molecule has 0 unspecified atom stereocenters. The van der Waals surface area contributed by atoms with Crippen LogP contribution in [0.3, 0.4) is 0 Å². The van der Waals surface area contributed by atoms with Crippen LogP contribution in [-0.4, -0.2) is 8.07 Å². The highest BCUT2D eigenvalue weighted by Crippen LogP contribution is 2.17. The smallest absolute Gasteiger partial charge is 0.0487 e. The number of rotatable bonds is 3. The summed E-state index contributed by atoms with van der Waals surface area (Å²) >= 11 is 5.88. The van der Waals surface area contributed by atoms with Gasteiger partial charge in [0.1, 0.15) is 0 Å². The number of hydrogen-bond donors (Lipinski definition) is 0. The van der Waals surface area contributed by atoms with E-state index in [1.54, 1.807) is 0 Å². The molecule has 0 atom stereocenters. The molecule has 1 rings (SSSR count). The maximum atomic E-state index is 5.88. The Morgan fingerprint density at radius 1 is 1.08 bits per heavy atom. The van der Waals surface area contributed by atoms with E-state index in [0.717, 1.165) is 0 Å². The van der Waals surface area contributed by atoms with Crippen LogP contribution in [0.4, 0.5) is 0 Å². The standard InChI is InChI=1S/C11H17ClSi/c1-13(2,3)9-11-7-5-4-6-10(11)8-12/h4-7H,8-9H2,1-3H3. The van der Waals surface area contributed by atoms with Crippen LogP contribution in [0, 0.1) is 0 Å². The van der Waals surface area contributed by atoms with Crippen molar-refractivity contribution in [1.29, 1.82) is 0 Å². The molecule has 0 N–H and O–H groups in total. The highest BCUT2D eigenvalue weighted by molar-refractivity contribution is 6.75. The topological polar surface area (TPSA) is 0 Å². The largest absolute Gasteiger partial charge is 0.122 e. The van der Waals surface area contributed by atoms with Gasteiger partial charge in [-0.3, -0.25) is 0 Å². The van der Waals surface area contributed by atoms with E-state index in [1.807, 2.05) is 0 Å². The third-order valence-corrected chi connectivity index (χ3v) is 3.71. The van der Waals surface area contributed by atoms with Crippen molar-refractivity contribution < 1.29 is 0 Å². The molecular weight excluding hydrogens is 196 g/mol. The van der Waals surface area contributed by atoms with E-state index in [2.05, 4.69) is 43.9 Å². The summed E-state index contributed by atoms with van der Waals surface area (Å²) in [7, 11) is -1.00. The molecule has 0 amide bonds. The summed E-state index contributed by atoms with van der Waals surface area (Å²) < 4.78 is 0. The van der Waals surface area contributed by atoms with E-state index in [9.17, 15) is 0 Å². The minimum absolute atomic E-state index is 0.640. The highest BCUT2D eigenvalue weighted by atomic mass is 35.5. The van der Waals surface area contributed by atoms with Gasteiger partial charge in [0, 0.05) is 14.0 Å². The maximum Gasteiger partial charge on any atom is 0.0487 e. The molecule has 0 spiro atoms. The molecule has 72 valence electrons. The van der Waals surface area contributed by atoms with Gasteiger partial charge < -0.3 is 0 Å². The molecule has 0 aliphatic carbocycles. The first-order chi connectivity index (χ1) is 6.03. The predicted octanol–water partition coefficient (Wildman–Crippen LogP) is 3.85. The Morgan fingerprint density at radius 2 is 1.62 bits per heavy atom. The molecule has 1 aromatic rings. The van der Waals surface area contributed by atoms with Crippen molar-refractivity contribution in [2.45, 2.75) is 31.6 Å². The van der Waals surface area contributed by atoms with Gasteiger partial charge in [0.25, 0.3) is 0 Å². The molecule has 0 heterocycles. The molecule has 0 saturated heterocycles. The maximum absolute atomic E-state index is 5.88. The van der Waals surface area contributed by atoms with E-state index in [0.29, 0.717) is 5.88 Å². The molecule has 0 bridgehead atoms. The first kappa shape index (κ1) is 10.8. The first-order valence-electron chi connectivity index (χ1n) is 4.66. The van der Waals surface area contributed by atoms with Gasteiger partial charge in [-0.15, -0.1) is 11.6 Å². The fraction of sp³-hybridized carbons (Fsp3) is 0.455. The zero-order chi connectivity index (χ0) is 9.90. The Bertz CT molecular complexity index is 276. The monoisotopic (exact) mass is 212 g/mol. The fourth-order valence-electron chi connectivity index (χ4n) is 1.43. The van der Waals surface area contributed by atoms with Crippen LogP contribution in [-0.2, 0) is 11.9 Å². The summed E-state index contributed by atoms with van der Waals surface area (Å²) in [6.07, 6.45) is 0. The third-order valence-electron chi connectivity index (χ3n) is 1.98. The summed E-state index contributed by atoms with van der Waals surface area (Å²) in [6.45, 7) is 7.16. The Balaban J connectivity index is 2.87. The molecule has 0 aliphatic rings. The Kier molecular flexibility index (Phi) is 3.57. The lowest BCUT2D eigenvalue weighted by atomic mass is 10.1.